The zero-order valence-corrected chi connectivity index (χ0v) is 21.1. The molecular weight excluding hydrogens is 539 g/mol. The van der Waals surface area contributed by atoms with Crippen molar-refractivity contribution in [3.63, 3.8) is 0 Å². The lowest BCUT2D eigenvalue weighted by Crippen LogP contribution is -2.49. The van der Waals surface area contributed by atoms with Gasteiger partial charge in [0.1, 0.15) is 11.5 Å². The van der Waals surface area contributed by atoms with Crippen LogP contribution in [0.15, 0.2) is 76.3 Å². The summed E-state index contributed by atoms with van der Waals surface area (Å²) in [5, 5.41) is 7.26. The SMILES string of the molecule is O=C(Nc1noc2ncccc12)N1CCN(Cc2cccc(Oc3ccc(S(=O)(=O)C(F)(F)F)cc3)c2)CC1. The molecule has 4 aromatic rings. The largest absolute Gasteiger partial charge is 0.501 e. The van der Waals surface area contributed by atoms with Gasteiger partial charge in [-0.25, -0.2) is 18.2 Å². The third-order valence-corrected chi connectivity index (χ3v) is 7.62. The quantitative estimate of drug-likeness (QED) is 0.361. The second-order valence-electron chi connectivity index (χ2n) is 8.75. The number of anilines is 1. The van der Waals surface area contributed by atoms with Crippen molar-refractivity contribution >= 4 is 32.8 Å². The molecule has 1 fully saturated rings. The minimum Gasteiger partial charge on any atom is -0.457 e. The molecule has 0 unspecified atom stereocenters. The second kappa shape index (κ2) is 10.5. The highest BCUT2D eigenvalue weighted by Crippen LogP contribution is 2.32. The molecule has 0 atom stereocenters. The first-order valence-corrected chi connectivity index (χ1v) is 13.3. The first kappa shape index (κ1) is 26.4. The summed E-state index contributed by atoms with van der Waals surface area (Å²) in [6.45, 7) is 2.87. The molecule has 1 N–H and O–H groups in total. The number of nitrogens with zero attached hydrogens (tertiary/aromatic N) is 4. The van der Waals surface area contributed by atoms with Gasteiger partial charge in [0.2, 0.25) is 0 Å². The number of hydrogen-bond donors (Lipinski definition) is 1. The Balaban J connectivity index is 1.15. The lowest BCUT2D eigenvalue weighted by Gasteiger charge is -2.34. The highest BCUT2D eigenvalue weighted by Gasteiger charge is 2.46. The Morgan fingerprint density at radius 3 is 2.46 bits per heavy atom. The van der Waals surface area contributed by atoms with Crippen LogP contribution in [0.3, 0.4) is 0 Å². The van der Waals surface area contributed by atoms with Crippen LogP contribution in [0.2, 0.25) is 0 Å². The van der Waals surface area contributed by atoms with Crippen molar-refractivity contribution in [2.24, 2.45) is 0 Å². The summed E-state index contributed by atoms with van der Waals surface area (Å²) in [7, 11) is -5.42. The van der Waals surface area contributed by atoms with Crippen molar-refractivity contribution in [2.75, 3.05) is 31.5 Å². The molecule has 0 bridgehead atoms. The van der Waals surface area contributed by atoms with Gasteiger partial charge in [0.05, 0.1) is 10.3 Å². The molecule has 2 amide bonds. The van der Waals surface area contributed by atoms with E-state index < -0.39 is 20.2 Å². The lowest BCUT2D eigenvalue weighted by atomic mass is 10.2. The number of urea groups is 1. The number of alkyl halides is 3. The first-order valence-electron chi connectivity index (χ1n) is 11.8. The molecule has 0 saturated carbocycles. The normalized spacial score (nSPS) is 14.9. The van der Waals surface area contributed by atoms with Crippen LogP contribution in [0, 0.1) is 0 Å². The smallest absolute Gasteiger partial charge is 0.457 e. The number of rotatable bonds is 6. The molecule has 5 rings (SSSR count). The molecular formula is C25H22F3N5O5S. The van der Waals surface area contributed by atoms with Gasteiger partial charge in [0, 0.05) is 38.9 Å². The first-order chi connectivity index (χ1) is 18.6. The average molecular weight is 562 g/mol. The van der Waals surface area contributed by atoms with Crippen LogP contribution in [0.5, 0.6) is 11.5 Å². The van der Waals surface area contributed by atoms with Gasteiger partial charge in [-0.1, -0.05) is 17.3 Å². The van der Waals surface area contributed by atoms with Crippen molar-refractivity contribution in [3.8, 4) is 11.5 Å². The number of nitrogens with one attached hydrogen (secondary N) is 1. The van der Waals surface area contributed by atoms with Crippen LogP contribution in [0.1, 0.15) is 5.56 Å². The number of fused-ring (bicyclic) bond motifs is 1. The topological polar surface area (TPSA) is 118 Å². The highest BCUT2D eigenvalue weighted by molar-refractivity contribution is 7.92. The van der Waals surface area contributed by atoms with E-state index >= 15 is 0 Å². The summed E-state index contributed by atoms with van der Waals surface area (Å²) in [6.07, 6.45) is 1.58. The lowest BCUT2D eigenvalue weighted by molar-refractivity contribution is -0.0436. The summed E-state index contributed by atoms with van der Waals surface area (Å²) < 4.78 is 72.1. The fraction of sp³-hybridized carbons (Fsp3) is 0.240. The molecule has 14 heteroatoms. The Morgan fingerprint density at radius 1 is 1.00 bits per heavy atom. The van der Waals surface area contributed by atoms with E-state index in [1.165, 1.54) is 12.1 Å². The van der Waals surface area contributed by atoms with Crippen molar-refractivity contribution in [1.82, 2.24) is 19.9 Å². The number of sulfone groups is 1. The number of amides is 2. The number of ether oxygens (including phenoxy) is 1. The van der Waals surface area contributed by atoms with Crippen LogP contribution in [0.4, 0.5) is 23.8 Å². The maximum atomic E-state index is 12.7. The summed E-state index contributed by atoms with van der Waals surface area (Å²) in [6, 6.07) is 14.5. The number of hydrogen-bond acceptors (Lipinski definition) is 8. The third-order valence-electron chi connectivity index (χ3n) is 6.11. The fourth-order valence-corrected chi connectivity index (χ4v) is 4.85. The molecule has 0 aliphatic carbocycles. The van der Waals surface area contributed by atoms with Crippen molar-refractivity contribution in [1.29, 1.82) is 0 Å². The van der Waals surface area contributed by atoms with E-state index in [1.807, 2.05) is 6.07 Å². The van der Waals surface area contributed by atoms with Gasteiger partial charge < -0.3 is 14.2 Å². The van der Waals surface area contributed by atoms with Gasteiger partial charge in [0.15, 0.2) is 5.82 Å². The molecule has 204 valence electrons. The average Bonchev–Trinajstić information content (AvgIpc) is 3.32. The van der Waals surface area contributed by atoms with E-state index in [0.717, 1.165) is 17.7 Å². The fourth-order valence-electron chi connectivity index (χ4n) is 4.08. The molecule has 2 aromatic heterocycles. The monoisotopic (exact) mass is 561 g/mol. The minimum absolute atomic E-state index is 0.198. The van der Waals surface area contributed by atoms with Gasteiger partial charge in [-0.2, -0.15) is 13.2 Å². The molecule has 39 heavy (non-hydrogen) atoms. The van der Waals surface area contributed by atoms with E-state index in [0.29, 0.717) is 55.4 Å². The molecule has 10 nitrogen and oxygen atoms in total. The van der Waals surface area contributed by atoms with Crippen LogP contribution in [-0.2, 0) is 16.4 Å². The Kier molecular flexibility index (Phi) is 7.14. The Labute approximate surface area is 220 Å². The molecule has 2 aromatic carbocycles. The summed E-state index contributed by atoms with van der Waals surface area (Å²) >= 11 is 0. The van der Waals surface area contributed by atoms with Gasteiger partial charge in [-0.05, 0) is 54.1 Å². The maximum absolute atomic E-state index is 12.7. The molecule has 3 heterocycles. The van der Waals surface area contributed by atoms with Crippen molar-refractivity contribution in [2.45, 2.75) is 16.9 Å². The Morgan fingerprint density at radius 2 is 1.74 bits per heavy atom. The predicted molar refractivity (Wildman–Crippen MR) is 134 cm³/mol. The zero-order chi connectivity index (χ0) is 27.6. The van der Waals surface area contributed by atoms with Gasteiger partial charge in [-0.15, -0.1) is 0 Å². The number of carbonyl (C=O) groups excluding carboxylic acids is 1. The molecule has 0 spiro atoms. The Hall–Kier alpha value is -4.17. The number of pyridine rings is 1. The van der Waals surface area contributed by atoms with Crippen LogP contribution < -0.4 is 10.1 Å². The molecule has 1 aliphatic rings. The summed E-state index contributed by atoms with van der Waals surface area (Å²) in [5.74, 6) is 0.966. The molecule has 1 aliphatic heterocycles. The van der Waals surface area contributed by atoms with E-state index in [1.54, 1.807) is 41.4 Å². The third kappa shape index (κ3) is 5.81. The van der Waals surface area contributed by atoms with Gasteiger partial charge in [-0.3, -0.25) is 10.2 Å². The summed E-state index contributed by atoms with van der Waals surface area (Å²) in [4.78, 5) is 19.8. The van der Waals surface area contributed by atoms with Crippen LogP contribution >= 0.6 is 0 Å². The number of halogens is 3. The van der Waals surface area contributed by atoms with Gasteiger partial charge >= 0.3 is 11.5 Å². The molecule has 0 radical (unpaired) electrons. The number of benzene rings is 2. The minimum atomic E-state index is -5.42. The zero-order valence-electron chi connectivity index (χ0n) is 20.3. The van der Waals surface area contributed by atoms with E-state index in [-0.39, 0.29) is 11.8 Å². The standard InChI is InChI=1S/C25H22F3N5O5S/c26-25(27,28)39(35,36)20-8-6-18(7-9-20)37-19-4-1-3-17(15-19)16-32-11-13-33(14-12-32)24(34)30-22-21-5-2-10-29-23(21)38-31-22/h1-10,15H,11-14,16H2,(H,30,31,34). The van der Waals surface area contributed by atoms with Crippen molar-refractivity contribution < 1.29 is 35.6 Å². The Bertz CT molecular complexity index is 1580. The van der Waals surface area contributed by atoms with Gasteiger partial charge in [0.25, 0.3) is 15.6 Å². The second-order valence-corrected chi connectivity index (χ2v) is 10.7. The van der Waals surface area contributed by atoms with Crippen LogP contribution in [-0.4, -0.2) is 66.1 Å². The van der Waals surface area contributed by atoms with Crippen LogP contribution in [0.25, 0.3) is 11.1 Å². The molecule has 1 saturated heterocycles. The van der Waals surface area contributed by atoms with E-state index in [2.05, 4.69) is 20.4 Å². The summed E-state index contributed by atoms with van der Waals surface area (Å²) in [5.41, 5.74) is -4.10. The maximum Gasteiger partial charge on any atom is 0.501 e. The predicted octanol–water partition coefficient (Wildman–Crippen LogP) is 4.66. The van der Waals surface area contributed by atoms with E-state index in [9.17, 15) is 26.4 Å². The van der Waals surface area contributed by atoms with E-state index in [4.69, 9.17) is 9.26 Å². The van der Waals surface area contributed by atoms with Crippen molar-refractivity contribution in [3.05, 3.63) is 72.4 Å². The number of aromatic nitrogens is 2. The number of piperazine rings is 1. The number of carbonyl (C=O) groups is 1. The highest BCUT2D eigenvalue weighted by atomic mass is 32.2.